The van der Waals surface area contributed by atoms with Gasteiger partial charge in [-0.25, -0.2) is 0 Å². The van der Waals surface area contributed by atoms with Crippen molar-refractivity contribution in [1.82, 2.24) is 0 Å². The lowest BCUT2D eigenvalue weighted by Crippen LogP contribution is -2.44. The van der Waals surface area contributed by atoms with E-state index in [0.29, 0.717) is 11.8 Å². The minimum absolute atomic E-state index is 0.0222. The van der Waals surface area contributed by atoms with Crippen LogP contribution in [0.15, 0.2) is 120 Å². The van der Waals surface area contributed by atoms with Crippen molar-refractivity contribution in [2.24, 2.45) is 4.99 Å². The van der Waals surface area contributed by atoms with E-state index < -0.39 is 0 Å². The van der Waals surface area contributed by atoms with Crippen LogP contribution in [0.2, 0.25) is 0 Å². The zero-order chi connectivity index (χ0) is 30.6. The van der Waals surface area contributed by atoms with Gasteiger partial charge in [0.05, 0.1) is 29.2 Å². The maximum atomic E-state index is 5.11. The number of thiol groups is 1. The van der Waals surface area contributed by atoms with E-state index in [1.165, 1.54) is 22.4 Å². The molecule has 4 heteroatoms. The fraction of sp³-hybridized carbons (Fsp3) is 0.289. The SMILES string of the molecule is C=CC1=NC(C=C)C(C(C(=C)/C=C(\C)S)N(C)c2ccccc2Nc2c(C(C)C)cccc2C(C)C)c2ccccc21. The number of aliphatic imine (C=N–C) groups is 1. The summed E-state index contributed by atoms with van der Waals surface area (Å²) < 4.78 is 0. The molecule has 3 nitrogen and oxygen atoms in total. The van der Waals surface area contributed by atoms with Crippen molar-refractivity contribution in [2.75, 3.05) is 17.3 Å². The highest BCUT2D eigenvalue weighted by Crippen LogP contribution is 2.43. The molecule has 0 radical (unpaired) electrons. The van der Waals surface area contributed by atoms with Crippen LogP contribution in [0.1, 0.15) is 74.6 Å². The Morgan fingerprint density at radius 2 is 1.55 bits per heavy atom. The lowest BCUT2D eigenvalue weighted by atomic mass is 9.76. The molecule has 0 saturated carbocycles. The molecular weight excluding hydrogens is 531 g/mol. The first kappa shape index (κ1) is 31.2. The summed E-state index contributed by atoms with van der Waals surface area (Å²) >= 11 is 4.64. The Morgan fingerprint density at radius 3 is 2.14 bits per heavy atom. The normalized spacial score (nSPS) is 17.4. The molecule has 0 saturated heterocycles. The maximum absolute atomic E-state index is 5.11. The van der Waals surface area contributed by atoms with Gasteiger partial charge in [-0.1, -0.05) is 102 Å². The molecule has 0 spiro atoms. The Hall–Kier alpha value is -3.76. The number of anilines is 3. The van der Waals surface area contributed by atoms with Crippen molar-refractivity contribution in [3.8, 4) is 0 Å². The number of allylic oxidation sites excluding steroid dienone is 2. The molecular formula is C38H45N3S. The molecule has 0 aliphatic carbocycles. The van der Waals surface area contributed by atoms with Gasteiger partial charge in [0, 0.05) is 24.2 Å². The third-order valence-corrected chi connectivity index (χ3v) is 8.26. The third-order valence-electron chi connectivity index (χ3n) is 8.14. The topological polar surface area (TPSA) is 27.6 Å². The third kappa shape index (κ3) is 6.34. The molecule has 1 aliphatic rings. The minimum Gasteiger partial charge on any atom is -0.365 e. The van der Waals surface area contributed by atoms with Gasteiger partial charge in [0.2, 0.25) is 0 Å². The molecule has 1 aliphatic heterocycles. The average Bonchev–Trinajstić information content (AvgIpc) is 2.96. The summed E-state index contributed by atoms with van der Waals surface area (Å²) in [4.78, 5) is 8.36. The molecule has 42 heavy (non-hydrogen) atoms. The number of para-hydroxylation sites is 3. The van der Waals surface area contributed by atoms with E-state index in [0.717, 1.165) is 33.1 Å². The van der Waals surface area contributed by atoms with Crippen LogP contribution in [-0.4, -0.2) is 24.8 Å². The molecule has 1 N–H and O–H groups in total. The molecule has 3 unspecified atom stereocenters. The zero-order valence-corrected chi connectivity index (χ0v) is 26.8. The molecule has 3 aromatic carbocycles. The number of nitrogens with one attached hydrogen (secondary N) is 1. The molecule has 4 rings (SSSR count). The van der Waals surface area contributed by atoms with Crippen LogP contribution in [0, 0.1) is 0 Å². The largest absolute Gasteiger partial charge is 0.365 e. The number of fused-ring (bicyclic) bond motifs is 1. The van der Waals surface area contributed by atoms with E-state index in [4.69, 9.17) is 4.99 Å². The monoisotopic (exact) mass is 575 g/mol. The van der Waals surface area contributed by atoms with E-state index >= 15 is 0 Å². The van der Waals surface area contributed by atoms with Crippen molar-refractivity contribution in [2.45, 2.75) is 64.5 Å². The molecule has 218 valence electrons. The molecule has 1 heterocycles. The molecule has 0 amide bonds. The summed E-state index contributed by atoms with van der Waals surface area (Å²) in [7, 11) is 2.16. The number of likely N-dealkylation sites (N-methyl/N-ethyl adjacent to an activating group) is 1. The van der Waals surface area contributed by atoms with Crippen molar-refractivity contribution in [3.05, 3.63) is 137 Å². The highest BCUT2D eigenvalue weighted by molar-refractivity contribution is 7.84. The minimum atomic E-state index is -0.153. The van der Waals surface area contributed by atoms with Gasteiger partial charge in [0.1, 0.15) is 0 Å². The number of hydrogen-bond acceptors (Lipinski definition) is 4. The van der Waals surface area contributed by atoms with Crippen molar-refractivity contribution < 1.29 is 0 Å². The molecule has 3 atom stereocenters. The second-order valence-electron chi connectivity index (χ2n) is 11.7. The van der Waals surface area contributed by atoms with Crippen LogP contribution in [0.3, 0.4) is 0 Å². The Kier molecular flexibility index (Phi) is 10.0. The molecule has 0 fully saturated rings. The number of nitrogens with zero attached hydrogens (tertiary/aromatic N) is 2. The Bertz CT molecular complexity index is 1500. The first-order valence-electron chi connectivity index (χ1n) is 14.8. The number of hydrogen-bond donors (Lipinski definition) is 2. The van der Waals surface area contributed by atoms with Crippen LogP contribution in [0.25, 0.3) is 0 Å². The summed E-state index contributed by atoms with van der Waals surface area (Å²) in [5, 5.41) is 3.89. The van der Waals surface area contributed by atoms with Gasteiger partial charge in [-0.2, -0.15) is 0 Å². The van der Waals surface area contributed by atoms with Crippen LogP contribution < -0.4 is 10.2 Å². The predicted octanol–water partition coefficient (Wildman–Crippen LogP) is 10.2. The zero-order valence-electron chi connectivity index (χ0n) is 25.9. The average molecular weight is 576 g/mol. The van der Waals surface area contributed by atoms with Gasteiger partial charge in [-0.05, 0) is 70.2 Å². The fourth-order valence-corrected chi connectivity index (χ4v) is 6.34. The van der Waals surface area contributed by atoms with Gasteiger partial charge in [0.25, 0.3) is 0 Å². The summed E-state index contributed by atoms with van der Waals surface area (Å²) in [6, 6.07) is 23.4. The van der Waals surface area contributed by atoms with Crippen molar-refractivity contribution >= 4 is 35.4 Å². The van der Waals surface area contributed by atoms with E-state index in [2.05, 4.69) is 150 Å². The summed E-state index contributed by atoms with van der Waals surface area (Å²) in [6.07, 6.45) is 5.86. The highest BCUT2D eigenvalue weighted by Gasteiger charge is 2.38. The number of rotatable bonds is 11. The maximum Gasteiger partial charge on any atom is 0.0776 e. The lowest BCUT2D eigenvalue weighted by Gasteiger charge is -2.42. The smallest absolute Gasteiger partial charge is 0.0776 e. The van der Waals surface area contributed by atoms with Crippen LogP contribution in [0.4, 0.5) is 17.1 Å². The van der Waals surface area contributed by atoms with Gasteiger partial charge in [0.15, 0.2) is 0 Å². The van der Waals surface area contributed by atoms with Crippen LogP contribution >= 0.6 is 12.6 Å². The number of benzene rings is 3. The summed E-state index contributed by atoms with van der Waals surface area (Å²) in [6.45, 7) is 23.9. The van der Waals surface area contributed by atoms with Gasteiger partial charge in [-0.15, -0.1) is 19.2 Å². The van der Waals surface area contributed by atoms with Crippen molar-refractivity contribution in [3.63, 3.8) is 0 Å². The fourth-order valence-electron chi connectivity index (χ4n) is 6.17. The van der Waals surface area contributed by atoms with Crippen LogP contribution in [-0.2, 0) is 0 Å². The van der Waals surface area contributed by atoms with Gasteiger partial charge in [-0.3, -0.25) is 4.99 Å². The second-order valence-corrected chi connectivity index (χ2v) is 12.4. The van der Waals surface area contributed by atoms with E-state index in [-0.39, 0.29) is 18.0 Å². The van der Waals surface area contributed by atoms with Gasteiger partial charge < -0.3 is 10.2 Å². The molecule has 0 aromatic heterocycles. The summed E-state index contributed by atoms with van der Waals surface area (Å²) in [5.74, 6) is 0.748. The van der Waals surface area contributed by atoms with Gasteiger partial charge >= 0.3 is 0 Å². The van der Waals surface area contributed by atoms with Crippen LogP contribution in [0.5, 0.6) is 0 Å². The summed E-state index contributed by atoms with van der Waals surface area (Å²) in [5.41, 5.74) is 10.1. The Labute approximate surface area is 258 Å². The Morgan fingerprint density at radius 1 is 0.929 bits per heavy atom. The van der Waals surface area contributed by atoms with E-state index in [9.17, 15) is 0 Å². The molecule has 0 bridgehead atoms. The predicted molar refractivity (Wildman–Crippen MR) is 188 cm³/mol. The first-order valence-corrected chi connectivity index (χ1v) is 15.2. The van der Waals surface area contributed by atoms with Crippen molar-refractivity contribution in [1.29, 1.82) is 0 Å². The van der Waals surface area contributed by atoms with E-state index in [1.54, 1.807) is 0 Å². The Balaban J connectivity index is 1.89. The molecule has 3 aromatic rings. The first-order chi connectivity index (χ1) is 20.1. The lowest BCUT2D eigenvalue weighted by molar-refractivity contribution is 0.519. The van der Waals surface area contributed by atoms with E-state index in [1.807, 2.05) is 19.1 Å². The quantitative estimate of drug-likeness (QED) is 0.135. The second kappa shape index (κ2) is 13.5. The standard InChI is InChI=1S/C38H45N3S/c1-10-32-30-17-12-13-18-31(30)36(33(11-2)39-32)38(26(7)23-27(8)42)41(9)35-22-15-14-21-34(35)40-37-28(24(3)4)19-16-20-29(37)25(5)6/h10-25,33,36,38,40,42H,1-2,7H2,3-6,8-9H3/b27-23+. The highest BCUT2D eigenvalue weighted by atomic mass is 32.1.